The van der Waals surface area contributed by atoms with Gasteiger partial charge in [0.25, 0.3) is 0 Å². The molecule has 0 aliphatic rings. The Balaban J connectivity index is 1.26. The van der Waals surface area contributed by atoms with Crippen molar-refractivity contribution in [2.24, 2.45) is 0 Å². The highest BCUT2D eigenvalue weighted by molar-refractivity contribution is 6.28. The SMILES string of the molecule is c1ccc(-c2nc(-c3ccccc3)nc(-c3cc4ccc(-c5ccc(-c6ccccn6)nc5)c5ccc6cccc3c6c45)n2)cc1. The van der Waals surface area contributed by atoms with Crippen molar-refractivity contribution in [1.29, 1.82) is 0 Å². The van der Waals surface area contributed by atoms with Gasteiger partial charge >= 0.3 is 0 Å². The van der Waals surface area contributed by atoms with Gasteiger partial charge in [0, 0.05) is 34.6 Å². The lowest BCUT2D eigenvalue weighted by molar-refractivity contribution is 1.08. The number of hydrogen-bond acceptors (Lipinski definition) is 5. The summed E-state index contributed by atoms with van der Waals surface area (Å²) in [5.74, 6) is 1.96. The molecule has 214 valence electrons. The summed E-state index contributed by atoms with van der Waals surface area (Å²) in [6, 6.07) is 47.8. The third-order valence-electron chi connectivity index (χ3n) is 8.59. The molecule has 0 aliphatic carbocycles. The fraction of sp³-hybridized carbons (Fsp3) is 0. The lowest BCUT2D eigenvalue weighted by atomic mass is 9.88. The Bertz CT molecular complexity index is 2440. The molecule has 6 aromatic carbocycles. The van der Waals surface area contributed by atoms with Crippen LogP contribution in [-0.2, 0) is 0 Å². The first-order chi connectivity index (χ1) is 22.8. The first-order valence-corrected chi connectivity index (χ1v) is 15.3. The minimum absolute atomic E-state index is 0.651. The Morgan fingerprint density at radius 2 is 1.02 bits per heavy atom. The number of aromatic nitrogens is 5. The topological polar surface area (TPSA) is 64.5 Å². The maximum atomic E-state index is 5.07. The molecule has 0 amide bonds. The molecule has 46 heavy (non-hydrogen) atoms. The van der Waals surface area contributed by atoms with Gasteiger partial charge in [-0.3, -0.25) is 9.97 Å². The fourth-order valence-corrected chi connectivity index (χ4v) is 6.41. The predicted molar refractivity (Wildman–Crippen MR) is 186 cm³/mol. The van der Waals surface area contributed by atoms with Gasteiger partial charge in [0.1, 0.15) is 0 Å². The largest absolute Gasteiger partial charge is 0.255 e. The fourth-order valence-electron chi connectivity index (χ4n) is 6.41. The van der Waals surface area contributed by atoms with E-state index in [-0.39, 0.29) is 0 Å². The van der Waals surface area contributed by atoms with E-state index in [0.29, 0.717) is 17.5 Å². The average Bonchev–Trinajstić information content (AvgIpc) is 3.14. The number of nitrogens with zero attached hydrogens (tertiary/aromatic N) is 5. The molecule has 0 unspecified atom stereocenters. The van der Waals surface area contributed by atoms with Crippen molar-refractivity contribution >= 4 is 32.3 Å². The summed E-state index contributed by atoms with van der Waals surface area (Å²) in [6.07, 6.45) is 3.74. The van der Waals surface area contributed by atoms with Crippen molar-refractivity contribution < 1.29 is 0 Å². The smallest absolute Gasteiger partial charge is 0.164 e. The van der Waals surface area contributed by atoms with Gasteiger partial charge in [-0.15, -0.1) is 0 Å². The van der Waals surface area contributed by atoms with Crippen molar-refractivity contribution in [2.45, 2.75) is 0 Å². The van der Waals surface area contributed by atoms with Gasteiger partial charge in [0.05, 0.1) is 11.4 Å². The molecule has 0 saturated heterocycles. The predicted octanol–water partition coefficient (Wildman–Crippen LogP) is 9.89. The minimum atomic E-state index is 0.651. The molecule has 0 bridgehead atoms. The Kier molecular flexibility index (Phi) is 6.06. The van der Waals surface area contributed by atoms with E-state index >= 15 is 0 Å². The van der Waals surface area contributed by atoms with Gasteiger partial charge in [0.2, 0.25) is 0 Å². The molecule has 0 aliphatic heterocycles. The van der Waals surface area contributed by atoms with E-state index in [0.717, 1.165) is 50.0 Å². The zero-order valence-electron chi connectivity index (χ0n) is 24.7. The molecule has 0 N–H and O–H groups in total. The van der Waals surface area contributed by atoms with Crippen LogP contribution in [-0.4, -0.2) is 24.9 Å². The molecule has 0 saturated carbocycles. The highest BCUT2D eigenvalue weighted by Crippen LogP contribution is 2.43. The molecule has 0 radical (unpaired) electrons. The van der Waals surface area contributed by atoms with Gasteiger partial charge in [-0.2, -0.15) is 0 Å². The number of pyridine rings is 2. The first-order valence-electron chi connectivity index (χ1n) is 15.3. The molecule has 9 aromatic rings. The molecule has 3 aromatic heterocycles. The van der Waals surface area contributed by atoms with Gasteiger partial charge in [0.15, 0.2) is 17.5 Å². The Morgan fingerprint density at radius 3 is 1.72 bits per heavy atom. The Labute approximate surface area is 265 Å². The van der Waals surface area contributed by atoms with Crippen LogP contribution in [0.25, 0.3) is 89.0 Å². The Hall–Kier alpha value is -6.33. The average molecular weight is 588 g/mol. The van der Waals surface area contributed by atoms with Crippen molar-refractivity contribution in [2.75, 3.05) is 0 Å². The van der Waals surface area contributed by atoms with Crippen LogP contribution in [0.2, 0.25) is 0 Å². The van der Waals surface area contributed by atoms with Crippen LogP contribution in [0.3, 0.4) is 0 Å². The van der Waals surface area contributed by atoms with Crippen molar-refractivity contribution in [3.8, 4) is 56.7 Å². The minimum Gasteiger partial charge on any atom is -0.255 e. The molecule has 3 heterocycles. The third kappa shape index (κ3) is 4.37. The van der Waals surface area contributed by atoms with E-state index < -0.39 is 0 Å². The summed E-state index contributed by atoms with van der Waals surface area (Å²) in [7, 11) is 0. The van der Waals surface area contributed by atoms with Gasteiger partial charge in [-0.25, -0.2) is 15.0 Å². The van der Waals surface area contributed by atoms with E-state index in [9.17, 15) is 0 Å². The van der Waals surface area contributed by atoms with E-state index in [4.69, 9.17) is 19.9 Å². The van der Waals surface area contributed by atoms with E-state index in [1.165, 1.54) is 21.5 Å². The third-order valence-corrected chi connectivity index (χ3v) is 8.59. The first kappa shape index (κ1) is 26.1. The van der Waals surface area contributed by atoms with Gasteiger partial charge in [-0.05, 0) is 62.1 Å². The second kappa shape index (κ2) is 10.7. The summed E-state index contributed by atoms with van der Waals surface area (Å²) in [5, 5.41) is 7.04. The lowest BCUT2D eigenvalue weighted by Gasteiger charge is -2.17. The van der Waals surface area contributed by atoms with E-state index in [1.54, 1.807) is 6.20 Å². The quantitative estimate of drug-likeness (QED) is 0.188. The van der Waals surface area contributed by atoms with Crippen LogP contribution in [0.15, 0.2) is 152 Å². The molecule has 5 nitrogen and oxygen atoms in total. The van der Waals surface area contributed by atoms with Crippen molar-refractivity contribution in [3.63, 3.8) is 0 Å². The van der Waals surface area contributed by atoms with Crippen LogP contribution in [0, 0.1) is 0 Å². The molecule has 9 rings (SSSR count). The summed E-state index contributed by atoms with van der Waals surface area (Å²) in [5.41, 5.74) is 6.81. The highest BCUT2D eigenvalue weighted by Gasteiger charge is 2.19. The van der Waals surface area contributed by atoms with Crippen molar-refractivity contribution in [1.82, 2.24) is 24.9 Å². The molecular formula is C41H25N5. The second-order valence-electron chi connectivity index (χ2n) is 11.3. The maximum absolute atomic E-state index is 5.07. The van der Waals surface area contributed by atoms with Gasteiger partial charge in [-0.1, -0.05) is 115 Å². The monoisotopic (exact) mass is 587 g/mol. The summed E-state index contributed by atoms with van der Waals surface area (Å²) in [6.45, 7) is 0. The van der Waals surface area contributed by atoms with Crippen LogP contribution in [0.5, 0.6) is 0 Å². The number of hydrogen-bond donors (Lipinski definition) is 0. The molecule has 0 fully saturated rings. The highest BCUT2D eigenvalue weighted by atomic mass is 15.0. The maximum Gasteiger partial charge on any atom is 0.164 e. The number of rotatable bonds is 5. The van der Waals surface area contributed by atoms with Crippen LogP contribution >= 0.6 is 0 Å². The number of benzene rings is 6. The Morgan fingerprint density at radius 1 is 0.370 bits per heavy atom. The summed E-state index contributed by atoms with van der Waals surface area (Å²) >= 11 is 0. The normalized spacial score (nSPS) is 11.5. The molecular weight excluding hydrogens is 562 g/mol. The zero-order valence-corrected chi connectivity index (χ0v) is 24.7. The van der Waals surface area contributed by atoms with Crippen LogP contribution in [0.4, 0.5) is 0 Å². The standard InChI is InChI=1S/C41H25N5/c1-3-10-27(11-4-1)39-44-40(28-12-5-2-6-13-28)46-41(45-39)34-24-29-18-20-31(30-19-22-36(43-25-30)35-16-7-8-23-42-35)33-21-17-26-14-9-15-32(34)37(26)38(29)33/h1-25H. The van der Waals surface area contributed by atoms with Crippen LogP contribution in [0.1, 0.15) is 0 Å². The lowest BCUT2D eigenvalue weighted by Crippen LogP contribution is -2.01. The van der Waals surface area contributed by atoms with Crippen LogP contribution < -0.4 is 0 Å². The summed E-state index contributed by atoms with van der Waals surface area (Å²) < 4.78 is 0. The van der Waals surface area contributed by atoms with E-state index in [1.807, 2.05) is 91.1 Å². The molecule has 0 spiro atoms. The van der Waals surface area contributed by atoms with E-state index in [2.05, 4.69) is 59.6 Å². The molecule has 0 atom stereocenters. The second-order valence-corrected chi connectivity index (χ2v) is 11.3. The summed E-state index contributed by atoms with van der Waals surface area (Å²) in [4.78, 5) is 24.3. The zero-order chi connectivity index (χ0) is 30.5. The van der Waals surface area contributed by atoms with Gasteiger partial charge < -0.3 is 0 Å². The van der Waals surface area contributed by atoms with Crippen molar-refractivity contribution in [3.05, 3.63) is 152 Å². The molecule has 5 heteroatoms.